The molecule has 2 rings (SSSR count). The number of rotatable bonds is 1. The van der Waals surface area contributed by atoms with E-state index in [9.17, 15) is 0 Å². The van der Waals surface area contributed by atoms with Gasteiger partial charge >= 0.3 is 0 Å². The van der Waals surface area contributed by atoms with Crippen LogP contribution < -0.4 is 0 Å². The van der Waals surface area contributed by atoms with Crippen LogP contribution in [0.15, 0.2) is 36.4 Å². The zero-order valence-corrected chi connectivity index (χ0v) is 10.4. The molecule has 2 aromatic rings. The summed E-state index contributed by atoms with van der Waals surface area (Å²) < 4.78 is 0. The number of aromatic nitrogens is 2. The van der Waals surface area contributed by atoms with E-state index in [2.05, 4.69) is 9.97 Å². The topological polar surface area (TPSA) is 25.8 Å². The van der Waals surface area contributed by atoms with Gasteiger partial charge in [0.05, 0.1) is 11.4 Å². The third-order valence-corrected chi connectivity index (χ3v) is 2.04. The Morgan fingerprint density at radius 1 is 0.688 bits per heavy atom. The zero-order chi connectivity index (χ0) is 12.0. The molecule has 0 saturated carbocycles. The van der Waals surface area contributed by atoms with Crippen LogP contribution in [0.4, 0.5) is 0 Å². The van der Waals surface area contributed by atoms with E-state index >= 15 is 0 Å². The second-order valence-corrected chi connectivity index (χ2v) is 3.33. The van der Waals surface area contributed by atoms with Crippen molar-refractivity contribution in [3.05, 3.63) is 47.8 Å². The van der Waals surface area contributed by atoms with Crippen molar-refractivity contribution < 1.29 is 0 Å². The molecule has 2 heteroatoms. The first-order valence-electron chi connectivity index (χ1n) is 5.63. The smallest absolute Gasteiger partial charge is 0.0889 e. The first-order chi connectivity index (χ1) is 7.75. The Bertz CT molecular complexity index is 406. The normalized spacial score (nSPS) is 9.25. The fourth-order valence-corrected chi connectivity index (χ4v) is 1.37. The van der Waals surface area contributed by atoms with Gasteiger partial charge in [0.1, 0.15) is 0 Å². The van der Waals surface area contributed by atoms with E-state index in [-0.39, 0.29) is 0 Å². The van der Waals surface area contributed by atoms with Crippen molar-refractivity contribution in [2.75, 3.05) is 0 Å². The van der Waals surface area contributed by atoms with E-state index in [0.29, 0.717) is 0 Å². The third kappa shape index (κ3) is 3.16. The van der Waals surface area contributed by atoms with Gasteiger partial charge in [-0.1, -0.05) is 26.0 Å². The van der Waals surface area contributed by atoms with Crippen LogP contribution in [-0.4, -0.2) is 9.97 Å². The summed E-state index contributed by atoms with van der Waals surface area (Å²) in [5, 5.41) is 0. The van der Waals surface area contributed by atoms with Gasteiger partial charge in [0.15, 0.2) is 0 Å². The van der Waals surface area contributed by atoms with Crippen molar-refractivity contribution in [1.29, 1.82) is 0 Å². The van der Waals surface area contributed by atoms with Crippen LogP contribution in [0, 0.1) is 13.8 Å². The maximum Gasteiger partial charge on any atom is 0.0889 e. The Hall–Kier alpha value is -1.70. The molecule has 2 heterocycles. The molecule has 0 unspecified atom stereocenters. The molecule has 0 aromatic carbocycles. The van der Waals surface area contributed by atoms with Gasteiger partial charge in [0.2, 0.25) is 0 Å². The minimum atomic E-state index is 0.939. The Morgan fingerprint density at radius 2 is 1.06 bits per heavy atom. The van der Waals surface area contributed by atoms with Crippen LogP contribution in [-0.2, 0) is 0 Å². The SMILES string of the molecule is CC.Cc1cccc(-c2cccc(C)n2)n1. The largest absolute Gasteiger partial charge is 0.251 e. The minimum Gasteiger partial charge on any atom is -0.251 e. The molecule has 2 aromatic heterocycles. The highest BCUT2D eigenvalue weighted by atomic mass is 14.8. The minimum absolute atomic E-state index is 0.939. The van der Waals surface area contributed by atoms with Gasteiger partial charge in [-0.3, -0.25) is 9.97 Å². The monoisotopic (exact) mass is 214 g/mol. The molecule has 2 nitrogen and oxygen atoms in total. The summed E-state index contributed by atoms with van der Waals surface area (Å²) in [5.74, 6) is 0. The molecule has 0 fully saturated rings. The van der Waals surface area contributed by atoms with Crippen molar-refractivity contribution in [2.24, 2.45) is 0 Å². The summed E-state index contributed by atoms with van der Waals surface area (Å²) in [6.45, 7) is 7.97. The van der Waals surface area contributed by atoms with Crippen LogP contribution in [0.25, 0.3) is 11.4 Å². The van der Waals surface area contributed by atoms with Crippen molar-refractivity contribution >= 4 is 0 Å². The van der Waals surface area contributed by atoms with E-state index in [1.54, 1.807) is 0 Å². The first kappa shape index (κ1) is 12.4. The Labute approximate surface area is 97.4 Å². The first-order valence-corrected chi connectivity index (χ1v) is 5.63. The summed E-state index contributed by atoms with van der Waals surface area (Å²) in [6.07, 6.45) is 0. The molecule has 84 valence electrons. The van der Waals surface area contributed by atoms with Gasteiger partial charge in [0, 0.05) is 11.4 Å². The van der Waals surface area contributed by atoms with Crippen LogP contribution in [0.5, 0.6) is 0 Å². The average molecular weight is 214 g/mol. The summed E-state index contributed by atoms with van der Waals surface area (Å²) >= 11 is 0. The molecule has 0 saturated heterocycles. The molecule has 0 aliphatic rings. The van der Waals surface area contributed by atoms with Crippen molar-refractivity contribution in [3.8, 4) is 11.4 Å². The molecule has 0 atom stereocenters. The molecule has 0 aliphatic carbocycles. The van der Waals surface area contributed by atoms with Crippen LogP contribution in [0.2, 0.25) is 0 Å². The van der Waals surface area contributed by atoms with Gasteiger partial charge in [-0.15, -0.1) is 0 Å². The molecule has 16 heavy (non-hydrogen) atoms. The maximum atomic E-state index is 4.42. The predicted molar refractivity (Wildman–Crippen MR) is 68.3 cm³/mol. The van der Waals surface area contributed by atoms with E-state index in [4.69, 9.17) is 0 Å². The Kier molecular flexibility index (Phi) is 4.65. The lowest BCUT2D eigenvalue weighted by atomic mass is 10.2. The third-order valence-electron chi connectivity index (χ3n) is 2.04. The fraction of sp³-hybridized carbons (Fsp3) is 0.286. The summed E-state index contributed by atoms with van der Waals surface area (Å²) in [7, 11) is 0. The quantitative estimate of drug-likeness (QED) is 0.721. The van der Waals surface area contributed by atoms with Crippen molar-refractivity contribution in [2.45, 2.75) is 27.7 Å². The Balaban J connectivity index is 0.000000606. The predicted octanol–water partition coefficient (Wildman–Crippen LogP) is 3.79. The van der Waals surface area contributed by atoms with Gasteiger partial charge in [0.25, 0.3) is 0 Å². The van der Waals surface area contributed by atoms with E-state index in [1.165, 1.54) is 0 Å². The van der Waals surface area contributed by atoms with E-state index < -0.39 is 0 Å². The molecule has 0 N–H and O–H groups in total. The maximum absolute atomic E-state index is 4.42. The highest BCUT2D eigenvalue weighted by Crippen LogP contribution is 2.14. The van der Waals surface area contributed by atoms with Crippen LogP contribution in [0.1, 0.15) is 25.2 Å². The number of hydrogen-bond acceptors (Lipinski definition) is 2. The molecular weight excluding hydrogens is 196 g/mol. The van der Waals surface area contributed by atoms with E-state index in [0.717, 1.165) is 22.8 Å². The fourth-order valence-electron chi connectivity index (χ4n) is 1.37. The zero-order valence-electron chi connectivity index (χ0n) is 10.4. The molecule has 0 radical (unpaired) electrons. The van der Waals surface area contributed by atoms with Crippen molar-refractivity contribution in [1.82, 2.24) is 9.97 Å². The van der Waals surface area contributed by atoms with Gasteiger partial charge in [-0.2, -0.15) is 0 Å². The standard InChI is InChI=1S/C12H12N2.C2H6/c1-9-5-3-7-11(13-9)12-8-4-6-10(2)14-12;1-2/h3-8H,1-2H3;1-2H3. The number of aryl methyl sites for hydroxylation is 2. The van der Waals surface area contributed by atoms with E-state index in [1.807, 2.05) is 64.1 Å². The summed E-state index contributed by atoms with van der Waals surface area (Å²) in [4.78, 5) is 8.84. The van der Waals surface area contributed by atoms with Crippen molar-refractivity contribution in [3.63, 3.8) is 0 Å². The molecule has 0 bridgehead atoms. The number of pyridine rings is 2. The summed E-state index contributed by atoms with van der Waals surface area (Å²) in [5.41, 5.74) is 3.92. The highest BCUT2D eigenvalue weighted by Gasteiger charge is 1.99. The molecule has 0 aliphatic heterocycles. The lowest BCUT2D eigenvalue weighted by Gasteiger charge is -2.01. The lowest BCUT2D eigenvalue weighted by Crippen LogP contribution is -1.90. The number of hydrogen-bond donors (Lipinski definition) is 0. The van der Waals surface area contributed by atoms with Gasteiger partial charge in [-0.05, 0) is 38.1 Å². The van der Waals surface area contributed by atoms with Gasteiger partial charge in [-0.25, -0.2) is 0 Å². The van der Waals surface area contributed by atoms with Crippen LogP contribution >= 0.6 is 0 Å². The van der Waals surface area contributed by atoms with Gasteiger partial charge < -0.3 is 0 Å². The second kappa shape index (κ2) is 6.01. The Morgan fingerprint density at radius 3 is 1.38 bits per heavy atom. The highest BCUT2D eigenvalue weighted by molar-refractivity contribution is 5.54. The summed E-state index contributed by atoms with van der Waals surface area (Å²) in [6, 6.07) is 11.9. The van der Waals surface area contributed by atoms with Crippen LogP contribution in [0.3, 0.4) is 0 Å². The molecule has 0 amide bonds. The molecular formula is C14H18N2. The second-order valence-electron chi connectivity index (χ2n) is 3.33. The number of nitrogens with zero attached hydrogens (tertiary/aromatic N) is 2. The average Bonchev–Trinajstić information content (AvgIpc) is 2.32. The molecule has 0 spiro atoms. The lowest BCUT2D eigenvalue weighted by molar-refractivity contribution is 1.15.